The minimum atomic E-state index is -0.351. The normalized spacial score (nSPS) is 12.9. The highest BCUT2D eigenvalue weighted by atomic mass is 16.5. The van der Waals surface area contributed by atoms with Crippen LogP contribution in [0.1, 0.15) is 20.7 Å². The van der Waals surface area contributed by atoms with Gasteiger partial charge in [0.05, 0.1) is 53.0 Å². The third-order valence-corrected chi connectivity index (χ3v) is 6.08. The van der Waals surface area contributed by atoms with Gasteiger partial charge in [-0.2, -0.15) is 0 Å². The quantitative estimate of drug-likeness (QED) is 0.434. The Balaban J connectivity index is 1.64. The van der Waals surface area contributed by atoms with Crippen LogP contribution in [0, 0.1) is 0 Å². The van der Waals surface area contributed by atoms with Crippen LogP contribution in [-0.4, -0.2) is 66.6 Å². The van der Waals surface area contributed by atoms with E-state index in [1.54, 1.807) is 48.5 Å². The van der Waals surface area contributed by atoms with Crippen LogP contribution in [0.5, 0.6) is 23.0 Å². The SMILES string of the molecule is COc1cc(OC)cc(C(=O)Nc2ccc(N3CCOCC3)c(NC(=O)c3cc(OC)cc(OC)c3)c2)c1. The molecule has 10 nitrogen and oxygen atoms in total. The lowest BCUT2D eigenvalue weighted by Crippen LogP contribution is -2.36. The lowest BCUT2D eigenvalue weighted by molar-refractivity contribution is 0.101. The zero-order valence-corrected chi connectivity index (χ0v) is 21.8. The molecular formula is C28H31N3O7. The fourth-order valence-electron chi connectivity index (χ4n) is 4.07. The topological polar surface area (TPSA) is 108 Å². The molecule has 200 valence electrons. The number of hydrogen-bond donors (Lipinski definition) is 2. The van der Waals surface area contributed by atoms with Crippen molar-refractivity contribution in [3.8, 4) is 23.0 Å². The molecule has 0 saturated carbocycles. The van der Waals surface area contributed by atoms with Crippen LogP contribution in [0.3, 0.4) is 0 Å². The average molecular weight is 522 g/mol. The van der Waals surface area contributed by atoms with E-state index in [4.69, 9.17) is 23.7 Å². The maximum atomic E-state index is 13.3. The number of nitrogens with one attached hydrogen (secondary N) is 2. The van der Waals surface area contributed by atoms with Crippen LogP contribution in [0.25, 0.3) is 0 Å². The average Bonchev–Trinajstić information content (AvgIpc) is 2.97. The summed E-state index contributed by atoms with van der Waals surface area (Å²) in [6, 6.07) is 15.3. The molecule has 0 radical (unpaired) electrons. The van der Waals surface area contributed by atoms with E-state index in [0.29, 0.717) is 71.8 Å². The van der Waals surface area contributed by atoms with E-state index >= 15 is 0 Å². The molecule has 0 atom stereocenters. The molecule has 10 heteroatoms. The van der Waals surface area contributed by atoms with Crippen LogP contribution in [0.4, 0.5) is 17.1 Å². The number of carbonyl (C=O) groups excluding carboxylic acids is 2. The zero-order valence-electron chi connectivity index (χ0n) is 21.8. The molecule has 4 rings (SSSR count). The van der Waals surface area contributed by atoms with E-state index in [-0.39, 0.29) is 11.8 Å². The highest BCUT2D eigenvalue weighted by Crippen LogP contribution is 2.32. The Morgan fingerprint density at radius 2 is 1.16 bits per heavy atom. The first-order valence-electron chi connectivity index (χ1n) is 12.0. The van der Waals surface area contributed by atoms with Gasteiger partial charge in [0.2, 0.25) is 0 Å². The number of ether oxygens (including phenoxy) is 5. The second kappa shape index (κ2) is 12.2. The molecule has 1 aliphatic heterocycles. The van der Waals surface area contributed by atoms with Gasteiger partial charge in [0.15, 0.2) is 0 Å². The summed E-state index contributed by atoms with van der Waals surface area (Å²) in [6.45, 7) is 2.50. The summed E-state index contributed by atoms with van der Waals surface area (Å²) in [5.41, 5.74) is 2.60. The maximum Gasteiger partial charge on any atom is 0.255 e. The number of hydrogen-bond acceptors (Lipinski definition) is 8. The van der Waals surface area contributed by atoms with Crippen LogP contribution < -0.4 is 34.5 Å². The van der Waals surface area contributed by atoms with Crippen LogP contribution in [0.15, 0.2) is 54.6 Å². The lowest BCUT2D eigenvalue weighted by Gasteiger charge is -2.31. The summed E-state index contributed by atoms with van der Waals surface area (Å²) in [7, 11) is 6.09. The standard InChI is InChI=1S/C28H31N3O7/c1-34-21-11-18(12-22(16-21)35-2)27(32)29-20-5-6-26(31-7-9-38-10-8-31)25(15-20)30-28(33)19-13-23(36-3)17-24(14-19)37-4/h5-6,11-17H,7-10H2,1-4H3,(H,29,32)(H,30,33). The number of nitrogens with zero attached hydrogens (tertiary/aromatic N) is 1. The van der Waals surface area contributed by atoms with Crippen molar-refractivity contribution in [2.45, 2.75) is 0 Å². The number of benzene rings is 3. The van der Waals surface area contributed by atoms with E-state index in [9.17, 15) is 9.59 Å². The van der Waals surface area contributed by atoms with Crippen LogP contribution in [0.2, 0.25) is 0 Å². The van der Waals surface area contributed by atoms with Crippen LogP contribution >= 0.6 is 0 Å². The minimum absolute atomic E-state index is 0.349. The molecule has 38 heavy (non-hydrogen) atoms. The summed E-state index contributed by atoms with van der Waals surface area (Å²) in [6.07, 6.45) is 0. The summed E-state index contributed by atoms with van der Waals surface area (Å²) < 4.78 is 26.7. The molecule has 1 aliphatic rings. The molecule has 0 aliphatic carbocycles. The van der Waals surface area contributed by atoms with Gasteiger partial charge in [-0.05, 0) is 42.5 Å². The van der Waals surface area contributed by atoms with Gasteiger partial charge in [0, 0.05) is 42.0 Å². The second-order valence-electron chi connectivity index (χ2n) is 8.44. The highest BCUT2D eigenvalue weighted by Gasteiger charge is 2.19. The number of rotatable bonds is 9. The predicted molar refractivity (Wildman–Crippen MR) is 144 cm³/mol. The van der Waals surface area contributed by atoms with E-state index < -0.39 is 0 Å². The molecule has 1 heterocycles. The fraction of sp³-hybridized carbons (Fsp3) is 0.286. The number of methoxy groups -OCH3 is 4. The molecule has 1 fully saturated rings. The Bertz CT molecular complexity index is 1260. The van der Waals surface area contributed by atoms with Crippen molar-refractivity contribution < 1.29 is 33.3 Å². The van der Waals surface area contributed by atoms with Crippen LogP contribution in [-0.2, 0) is 4.74 Å². The van der Waals surface area contributed by atoms with Gasteiger partial charge in [0.25, 0.3) is 11.8 Å². The Morgan fingerprint density at radius 3 is 1.63 bits per heavy atom. The van der Waals surface area contributed by atoms with Crippen molar-refractivity contribution in [1.82, 2.24) is 0 Å². The van der Waals surface area contributed by atoms with Crippen molar-refractivity contribution in [2.75, 3.05) is 70.3 Å². The van der Waals surface area contributed by atoms with E-state index in [1.165, 1.54) is 28.4 Å². The largest absolute Gasteiger partial charge is 0.497 e. The van der Waals surface area contributed by atoms with Crippen molar-refractivity contribution >= 4 is 28.9 Å². The van der Waals surface area contributed by atoms with Crippen molar-refractivity contribution in [3.63, 3.8) is 0 Å². The molecule has 0 bridgehead atoms. The lowest BCUT2D eigenvalue weighted by atomic mass is 10.1. The summed E-state index contributed by atoms with van der Waals surface area (Å²) >= 11 is 0. The smallest absolute Gasteiger partial charge is 0.255 e. The van der Waals surface area contributed by atoms with Crippen molar-refractivity contribution in [1.29, 1.82) is 0 Å². The van der Waals surface area contributed by atoms with Gasteiger partial charge < -0.3 is 39.2 Å². The number of anilines is 3. The monoisotopic (exact) mass is 521 g/mol. The first-order chi connectivity index (χ1) is 18.4. The third-order valence-electron chi connectivity index (χ3n) is 6.08. The van der Waals surface area contributed by atoms with Crippen molar-refractivity contribution in [2.24, 2.45) is 0 Å². The van der Waals surface area contributed by atoms with Gasteiger partial charge >= 0.3 is 0 Å². The molecule has 0 aromatic heterocycles. The zero-order chi connectivity index (χ0) is 27.1. The Labute approximate surface area is 221 Å². The highest BCUT2D eigenvalue weighted by molar-refractivity contribution is 6.08. The van der Waals surface area contributed by atoms with Crippen molar-refractivity contribution in [3.05, 3.63) is 65.7 Å². The molecule has 2 N–H and O–H groups in total. The molecule has 0 spiro atoms. The van der Waals surface area contributed by atoms with Gasteiger partial charge in [-0.25, -0.2) is 0 Å². The van der Waals surface area contributed by atoms with Gasteiger partial charge in [-0.1, -0.05) is 0 Å². The predicted octanol–water partition coefficient (Wildman–Crippen LogP) is 4.06. The summed E-state index contributed by atoms with van der Waals surface area (Å²) in [5.74, 6) is 1.29. The molecule has 2 amide bonds. The first-order valence-corrected chi connectivity index (χ1v) is 12.0. The summed E-state index contributed by atoms with van der Waals surface area (Å²) in [5, 5.41) is 5.89. The number of amides is 2. The maximum absolute atomic E-state index is 13.3. The molecule has 1 saturated heterocycles. The first kappa shape index (κ1) is 26.6. The Morgan fingerprint density at radius 1 is 0.684 bits per heavy atom. The third kappa shape index (κ3) is 6.27. The summed E-state index contributed by atoms with van der Waals surface area (Å²) in [4.78, 5) is 28.5. The molecular weight excluding hydrogens is 490 g/mol. The number of carbonyl (C=O) groups is 2. The van der Waals surface area contributed by atoms with Gasteiger partial charge in [0.1, 0.15) is 23.0 Å². The van der Waals surface area contributed by atoms with E-state index in [1.807, 2.05) is 6.07 Å². The Kier molecular flexibility index (Phi) is 8.55. The van der Waals surface area contributed by atoms with Gasteiger partial charge in [-0.15, -0.1) is 0 Å². The Hall–Kier alpha value is -4.44. The van der Waals surface area contributed by atoms with Gasteiger partial charge in [-0.3, -0.25) is 9.59 Å². The molecule has 3 aromatic rings. The molecule has 3 aromatic carbocycles. The second-order valence-corrected chi connectivity index (χ2v) is 8.44. The number of morpholine rings is 1. The molecule has 0 unspecified atom stereocenters. The minimum Gasteiger partial charge on any atom is -0.497 e. The van der Waals surface area contributed by atoms with E-state index in [2.05, 4.69) is 15.5 Å². The fourth-order valence-corrected chi connectivity index (χ4v) is 4.07. The van der Waals surface area contributed by atoms with E-state index in [0.717, 1.165) is 5.69 Å².